The van der Waals surface area contributed by atoms with Crippen LogP contribution in [0.3, 0.4) is 0 Å². The van der Waals surface area contributed by atoms with Crippen LogP contribution < -0.4 is 0 Å². The van der Waals surface area contributed by atoms with Crippen LogP contribution in [-0.2, 0) is 11.3 Å². The van der Waals surface area contributed by atoms with Crippen molar-refractivity contribution in [1.82, 2.24) is 4.90 Å². The maximum Gasteiger partial charge on any atom is 0.223 e. The zero-order valence-corrected chi connectivity index (χ0v) is 12.5. The fraction of sp³-hybridized carbons (Fsp3) is 0.500. The first-order valence-corrected chi connectivity index (χ1v) is 6.56. The summed E-state index contributed by atoms with van der Waals surface area (Å²) < 4.78 is 1.06. The van der Waals surface area contributed by atoms with Gasteiger partial charge >= 0.3 is 0 Å². The van der Waals surface area contributed by atoms with Gasteiger partial charge in [-0.3, -0.25) is 4.79 Å². The van der Waals surface area contributed by atoms with Crippen molar-refractivity contribution in [2.45, 2.75) is 33.7 Å². The minimum Gasteiger partial charge on any atom is -0.341 e. The van der Waals surface area contributed by atoms with Gasteiger partial charge in [0.1, 0.15) is 0 Å². The lowest BCUT2D eigenvalue weighted by Crippen LogP contribution is -2.29. The SMILES string of the molecule is CN(Cc1ccc(Br)cc1)C(=O)CC(C)(C)C. The fourth-order valence-corrected chi connectivity index (χ4v) is 1.80. The Morgan fingerprint density at radius 3 is 2.24 bits per heavy atom. The molecule has 0 unspecified atom stereocenters. The number of hydrogen-bond acceptors (Lipinski definition) is 1. The molecule has 1 aromatic rings. The molecule has 0 bridgehead atoms. The fourth-order valence-electron chi connectivity index (χ4n) is 1.54. The van der Waals surface area contributed by atoms with Gasteiger partial charge in [-0.15, -0.1) is 0 Å². The largest absolute Gasteiger partial charge is 0.341 e. The Hall–Kier alpha value is -0.830. The summed E-state index contributed by atoms with van der Waals surface area (Å²) in [6.07, 6.45) is 0.583. The minimum absolute atomic E-state index is 0.0467. The van der Waals surface area contributed by atoms with E-state index in [1.807, 2.05) is 31.3 Å². The van der Waals surface area contributed by atoms with E-state index in [0.29, 0.717) is 13.0 Å². The van der Waals surface area contributed by atoms with Crippen LogP contribution in [-0.4, -0.2) is 17.9 Å². The monoisotopic (exact) mass is 297 g/mol. The first-order valence-electron chi connectivity index (χ1n) is 5.76. The van der Waals surface area contributed by atoms with Crippen molar-refractivity contribution >= 4 is 21.8 Å². The summed E-state index contributed by atoms with van der Waals surface area (Å²) in [6.45, 7) is 6.91. The van der Waals surface area contributed by atoms with Crippen LogP contribution in [0.4, 0.5) is 0 Å². The maximum atomic E-state index is 11.9. The van der Waals surface area contributed by atoms with E-state index in [9.17, 15) is 4.79 Å². The van der Waals surface area contributed by atoms with Crippen LogP contribution in [0.1, 0.15) is 32.8 Å². The maximum absolute atomic E-state index is 11.9. The zero-order chi connectivity index (χ0) is 13.1. The summed E-state index contributed by atoms with van der Waals surface area (Å²) in [6, 6.07) is 8.06. The summed E-state index contributed by atoms with van der Waals surface area (Å²) >= 11 is 3.40. The number of carbonyl (C=O) groups excluding carboxylic acids is 1. The van der Waals surface area contributed by atoms with Gasteiger partial charge in [0.25, 0.3) is 0 Å². The Kier molecular flexibility index (Phi) is 4.75. The number of hydrogen-bond donors (Lipinski definition) is 0. The molecule has 0 aliphatic rings. The Balaban J connectivity index is 2.57. The van der Waals surface area contributed by atoms with Crippen molar-refractivity contribution in [3.05, 3.63) is 34.3 Å². The van der Waals surface area contributed by atoms with Crippen molar-refractivity contribution < 1.29 is 4.79 Å². The molecule has 0 spiro atoms. The first kappa shape index (κ1) is 14.2. The third-order valence-electron chi connectivity index (χ3n) is 2.44. The molecule has 0 radical (unpaired) electrons. The van der Waals surface area contributed by atoms with E-state index in [1.54, 1.807) is 4.90 Å². The van der Waals surface area contributed by atoms with Gasteiger partial charge in [-0.25, -0.2) is 0 Å². The average molecular weight is 298 g/mol. The Labute approximate surface area is 112 Å². The smallest absolute Gasteiger partial charge is 0.223 e. The molecular weight excluding hydrogens is 278 g/mol. The number of benzene rings is 1. The number of amides is 1. The lowest BCUT2D eigenvalue weighted by atomic mass is 9.91. The molecule has 17 heavy (non-hydrogen) atoms. The predicted molar refractivity (Wildman–Crippen MR) is 74.7 cm³/mol. The van der Waals surface area contributed by atoms with Crippen LogP contribution in [0.15, 0.2) is 28.7 Å². The summed E-state index contributed by atoms with van der Waals surface area (Å²) in [5.41, 5.74) is 1.20. The van der Waals surface area contributed by atoms with Gasteiger partial charge < -0.3 is 4.90 Å². The van der Waals surface area contributed by atoms with Gasteiger partial charge in [0, 0.05) is 24.5 Å². The standard InChI is InChI=1S/C14H20BrNO/c1-14(2,3)9-13(17)16(4)10-11-5-7-12(15)8-6-11/h5-8H,9-10H2,1-4H3. The topological polar surface area (TPSA) is 20.3 Å². The summed E-state index contributed by atoms with van der Waals surface area (Å²) in [5, 5.41) is 0. The molecule has 0 saturated carbocycles. The van der Waals surface area contributed by atoms with Crippen LogP contribution in [0.2, 0.25) is 0 Å². The quantitative estimate of drug-likeness (QED) is 0.830. The highest BCUT2D eigenvalue weighted by Crippen LogP contribution is 2.20. The van der Waals surface area contributed by atoms with Gasteiger partial charge in [0.15, 0.2) is 0 Å². The molecule has 0 fully saturated rings. The number of nitrogens with zero attached hydrogens (tertiary/aromatic N) is 1. The van der Waals surface area contributed by atoms with Crippen molar-refractivity contribution in [3.8, 4) is 0 Å². The van der Waals surface area contributed by atoms with Gasteiger partial charge in [-0.05, 0) is 23.1 Å². The van der Waals surface area contributed by atoms with Gasteiger partial charge in [0.05, 0.1) is 0 Å². The molecule has 3 heteroatoms. The molecule has 1 amide bonds. The van der Waals surface area contributed by atoms with E-state index in [0.717, 1.165) is 10.0 Å². The molecule has 0 heterocycles. The van der Waals surface area contributed by atoms with Crippen LogP contribution in [0, 0.1) is 5.41 Å². The zero-order valence-electron chi connectivity index (χ0n) is 11.0. The summed E-state index contributed by atoms with van der Waals surface area (Å²) in [7, 11) is 1.86. The van der Waals surface area contributed by atoms with E-state index >= 15 is 0 Å². The number of halogens is 1. The van der Waals surface area contributed by atoms with Crippen molar-refractivity contribution in [1.29, 1.82) is 0 Å². The van der Waals surface area contributed by atoms with E-state index in [-0.39, 0.29) is 11.3 Å². The molecule has 0 N–H and O–H groups in total. The summed E-state index contributed by atoms with van der Waals surface area (Å²) in [4.78, 5) is 13.7. The van der Waals surface area contributed by atoms with Gasteiger partial charge in [-0.2, -0.15) is 0 Å². The first-order chi connectivity index (χ1) is 7.78. The summed E-state index contributed by atoms with van der Waals surface area (Å²) in [5.74, 6) is 0.195. The molecule has 1 aromatic carbocycles. The van der Waals surface area contributed by atoms with Crippen molar-refractivity contribution in [2.24, 2.45) is 5.41 Å². The highest BCUT2D eigenvalue weighted by Gasteiger charge is 2.18. The highest BCUT2D eigenvalue weighted by atomic mass is 79.9. The third kappa shape index (κ3) is 5.35. The van der Waals surface area contributed by atoms with E-state index < -0.39 is 0 Å². The molecule has 0 aromatic heterocycles. The molecule has 94 valence electrons. The second-order valence-electron chi connectivity index (χ2n) is 5.61. The van der Waals surface area contributed by atoms with Crippen LogP contribution >= 0.6 is 15.9 Å². The van der Waals surface area contributed by atoms with Crippen LogP contribution in [0.25, 0.3) is 0 Å². The van der Waals surface area contributed by atoms with Crippen LogP contribution in [0.5, 0.6) is 0 Å². The van der Waals surface area contributed by atoms with E-state index in [1.165, 1.54) is 0 Å². The van der Waals surface area contributed by atoms with E-state index in [2.05, 4.69) is 36.7 Å². The lowest BCUT2D eigenvalue weighted by Gasteiger charge is -2.23. The third-order valence-corrected chi connectivity index (χ3v) is 2.97. The lowest BCUT2D eigenvalue weighted by molar-refractivity contribution is -0.132. The number of carbonyl (C=O) groups is 1. The minimum atomic E-state index is 0.0467. The second kappa shape index (κ2) is 5.67. The molecule has 2 nitrogen and oxygen atoms in total. The van der Waals surface area contributed by atoms with E-state index in [4.69, 9.17) is 0 Å². The predicted octanol–water partition coefficient (Wildman–Crippen LogP) is 3.84. The highest BCUT2D eigenvalue weighted by molar-refractivity contribution is 9.10. The molecule has 0 atom stereocenters. The normalized spacial score (nSPS) is 11.4. The Morgan fingerprint density at radius 1 is 1.24 bits per heavy atom. The molecule has 0 aliphatic heterocycles. The van der Waals surface area contributed by atoms with Gasteiger partial charge in [0.2, 0.25) is 5.91 Å². The second-order valence-corrected chi connectivity index (χ2v) is 6.53. The van der Waals surface area contributed by atoms with Crippen molar-refractivity contribution in [3.63, 3.8) is 0 Å². The molecular formula is C14H20BrNO. The molecule has 1 rings (SSSR count). The molecule has 0 saturated heterocycles. The Bertz CT molecular complexity index is 378. The molecule has 0 aliphatic carbocycles. The van der Waals surface area contributed by atoms with Crippen molar-refractivity contribution in [2.75, 3.05) is 7.05 Å². The van der Waals surface area contributed by atoms with Gasteiger partial charge in [-0.1, -0.05) is 48.8 Å². The Morgan fingerprint density at radius 2 is 1.76 bits per heavy atom. The average Bonchev–Trinajstić information content (AvgIpc) is 2.19. The number of rotatable bonds is 3.